The summed E-state index contributed by atoms with van der Waals surface area (Å²) in [5, 5.41) is -0.950. The van der Waals surface area contributed by atoms with Gasteiger partial charge in [0.05, 0.1) is 10.5 Å². The highest BCUT2D eigenvalue weighted by molar-refractivity contribution is 7.90. The molecule has 22 heavy (non-hydrogen) atoms. The standard InChI is InChI=1S/C14H24N2O4S2/c1-11(2)21(17,18)15-9-13-5-7-14(8-6-13)10-16-22(19,20)12(3)4/h5-8,11-12,15-16H,9-10H2,1-4H3. The summed E-state index contributed by atoms with van der Waals surface area (Å²) in [5.41, 5.74) is 1.64. The van der Waals surface area contributed by atoms with Gasteiger partial charge in [-0.05, 0) is 38.8 Å². The molecule has 0 bridgehead atoms. The number of hydrogen-bond acceptors (Lipinski definition) is 4. The topological polar surface area (TPSA) is 92.3 Å². The third kappa shape index (κ3) is 5.68. The molecule has 126 valence electrons. The maximum absolute atomic E-state index is 11.7. The highest BCUT2D eigenvalue weighted by Gasteiger charge is 2.16. The van der Waals surface area contributed by atoms with Crippen molar-refractivity contribution in [1.29, 1.82) is 0 Å². The Labute approximate surface area is 133 Å². The van der Waals surface area contributed by atoms with Crippen LogP contribution in [0.3, 0.4) is 0 Å². The maximum atomic E-state index is 11.7. The lowest BCUT2D eigenvalue weighted by molar-refractivity contribution is 0.570. The maximum Gasteiger partial charge on any atom is 0.214 e. The van der Waals surface area contributed by atoms with E-state index >= 15 is 0 Å². The molecule has 2 N–H and O–H groups in total. The molecule has 0 aliphatic heterocycles. The predicted molar refractivity (Wildman–Crippen MR) is 88.2 cm³/mol. The number of rotatable bonds is 8. The summed E-state index contributed by atoms with van der Waals surface area (Å²) >= 11 is 0. The first kappa shape index (κ1) is 19.1. The van der Waals surface area contributed by atoms with Gasteiger partial charge in [0.15, 0.2) is 0 Å². The van der Waals surface area contributed by atoms with Crippen LogP contribution >= 0.6 is 0 Å². The Morgan fingerprint density at radius 3 is 1.23 bits per heavy atom. The minimum Gasteiger partial charge on any atom is -0.212 e. The predicted octanol–water partition coefficient (Wildman–Crippen LogP) is 1.34. The van der Waals surface area contributed by atoms with Crippen molar-refractivity contribution in [3.8, 4) is 0 Å². The van der Waals surface area contributed by atoms with Gasteiger partial charge in [0.25, 0.3) is 0 Å². The molecule has 0 saturated heterocycles. The van der Waals surface area contributed by atoms with Crippen LogP contribution in [0.15, 0.2) is 24.3 Å². The SMILES string of the molecule is CC(C)S(=O)(=O)NCc1ccc(CNS(=O)(=O)C(C)C)cc1. The fourth-order valence-corrected chi connectivity index (χ4v) is 2.88. The molecule has 0 spiro atoms. The zero-order valence-corrected chi connectivity index (χ0v) is 15.0. The molecule has 0 unspecified atom stereocenters. The molecule has 0 aromatic heterocycles. The lowest BCUT2D eigenvalue weighted by atomic mass is 10.1. The summed E-state index contributed by atoms with van der Waals surface area (Å²) in [6.07, 6.45) is 0. The molecule has 0 atom stereocenters. The molecule has 0 radical (unpaired) electrons. The lowest BCUT2D eigenvalue weighted by Gasteiger charge is -2.11. The van der Waals surface area contributed by atoms with E-state index in [9.17, 15) is 16.8 Å². The monoisotopic (exact) mass is 348 g/mol. The van der Waals surface area contributed by atoms with Gasteiger partial charge in [-0.3, -0.25) is 0 Å². The summed E-state index contributed by atoms with van der Waals surface area (Å²) in [6.45, 7) is 6.91. The van der Waals surface area contributed by atoms with Crippen LogP contribution in [0.4, 0.5) is 0 Å². The molecule has 0 aliphatic carbocycles. The van der Waals surface area contributed by atoms with Gasteiger partial charge in [0.2, 0.25) is 20.0 Å². The Morgan fingerprint density at radius 1 is 0.727 bits per heavy atom. The smallest absolute Gasteiger partial charge is 0.212 e. The van der Waals surface area contributed by atoms with Crippen LogP contribution in [0.25, 0.3) is 0 Å². The summed E-state index contributed by atoms with van der Waals surface area (Å²) < 4.78 is 51.7. The molecule has 8 heteroatoms. The van der Waals surface area contributed by atoms with E-state index in [0.29, 0.717) is 0 Å². The molecule has 1 aromatic carbocycles. The molecule has 0 aliphatic rings. The van der Waals surface area contributed by atoms with Gasteiger partial charge in [-0.25, -0.2) is 26.3 Å². The molecule has 0 heterocycles. The average Bonchev–Trinajstić information content (AvgIpc) is 2.44. The Kier molecular flexibility index (Phi) is 6.54. The molecule has 1 aromatic rings. The molecule has 0 saturated carbocycles. The van der Waals surface area contributed by atoms with Crippen molar-refractivity contribution < 1.29 is 16.8 Å². The summed E-state index contributed by atoms with van der Waals surface area (Å²) in [6, 6.07) is 7.12. The van der Waals surface area contributed by atoms with E-state index in [-0.39, 0.29) is 13.1 Å². The first-order chi connectivity index (χ1) is 10.0. The fraction of sp³-hybridized carbons (Fsp3) is 0.571. The van der Waals surface area contributed by atoms with Crippen molar-refractivity contribution in [2.75, 3.05) is 0 Å². The summed E-state index contributed by atoms with van der Waals surface area (Å²) in [7, 11) is -6.57. The Morgan fingerprint density at radius 2 is 1.00 bits per heavy atom. The van der Waals surface area contributed by atoms with Crippen LogP contribution < -0.4 is 9.44 Å². The van der Waals surface area contributed by atoms with Crippen LogP contribution in [0.5, 0.6) is 0 Å². The third-order valence-corrected chi connectivity index (χ3v) is 6.79. The zero-order valence-electron chi connectivity index (χ0n) is 13.3. The van der Waals surface area contributed by atoms with Crippen LogP contribution in [-0.4, -0.2) is 27.3 Å². The van der Waals surface area contributed by atoms with E-state index < -0.39 is 30.5 Å². The minimum atomic E-state index is -3.29. The van der Waals surface area contributed by atoms with Crippen molar-refractivity contribution in [3.05, 3.63) is 35.4 Å². The highest BCUT2D eigenvalue weighted by atomic mass is 32.2. The van der Waals surface area contributed by atoms with Crippen molar-refractivity contribution >= 4 is 20.0 Å². The van der Waals surface area contributed by atoms with Crippen molar-refractivity contribution in [1.82, 2.24) is 9.44 Å². The molecular weight excluding hydrogens is 324 g/mol. The first-order valence-corrected chi connectivity index (χ1v) is 10.2. The molecule has 0 amide bonds. The molecule has 1 rings (SSSR count). The van der Waals surface area contributed by atoms with Gasteiger partial charge in [-0.15, -0.1) is 0 Å². The van der Waals surface area contributed by atoms with Gasteiger partial charge >= 0.3 is 0 Å². The summed E-state index contributed by atoms with van der Waals surface area (Å²) in [5.74, 6) is 0. The van der Waals surface area contributed by atoms with Crippen molar-refractivity contribution in [2.24, 2.45) is 0 Å². The van der Waals surface area contributed by atoms with Crippen LogP contribution in [0.2, 0.25) is 0 Å². The van der Waals surface area contributed by atoms with Gasteiger partial charge in [0, 0.05) is 13.1 Å². The van der Waals surface area contributed by atoms with E-state index in [1.54, 1.807) is 52.0 Å². The number of benzene rings is 1. The normalized spacial score (nSPS) is 13.0. The Balaban J connectivity index is 2.61. The second-order valence-corrected chi connectivity index (χ2v) is 10.3. The van der Waals surface area contributed by atoms with Crippen LogP contribution in [-0.2, 0) is 33.1 Å². The number of sulfonamides is 2. The van der Waals surface area contributed by atoms with Crippen molar-refractivity contribution in [3.63, 3.8) is 0 Å². The van der Waals surface area contributed by atoms with E-state index in [0.717, 1.165) is 11.1 Å². The Hall–Kier alpha value is -0.960. The zero-order chi connectivity index (χ0) is 17.0. The number of hydrogen-bond donors (Lipinski definition) is 2. The fourth-order valence-electron chi connectivity index (χ4n) is 1.48. The van der Waals surface area contributed by atoms with Gasteiger partial charge < -0.3 is 0 Å². The summed E-state index contributed by atoms with van der Waals surface area (Å²) in [4.78, 5) is 0. The van der Waals surface area contributed by atoms with Crippen LogP contribution in [0.1, 0.15) is 38.8 Å². The second-order valence-electron chi connectivity index (χ2n) is 5.65. The van der Waals surface area contributed by atoms with E-state index in [4.69, 9.17) is 0 Å². The first-order valence-electron chi connectivity index (χ1n) is 7.09. The minimum absolute atomic E-state index is 0.221. The average molecular weight is 348 g/mol. The van der Waals surface area contributed by atoms with Gasteiger partial charge in [0.1, 0.15) is 0 Å². The van der Waals surface area contributed by atoms with Crippen LogP contribution in [0, 0.1) is 0 Å². The van der Waals surface area contributed by atoms with E-state index in [1.807, 2.05) is 0 Å². The molecular formula is C14H24N2O4S2. The number of nitrogens with one attached hydrogen (secondary N) is 2. The van der Waals surface area contributed by atoms with E-state index in [1.165, 1.54) is 0 Å². The van der Waals surface area contributed by atoms with Gasteiger partial charge in [-0.1, -0.05) is 24.3 Å². The quantitative estimate of drug-likeness (QED) is 0.741. The Bertz CT molecular complexity index is 617. The van der Waals surface area contributed by atoms with Gasteiger partial charge in [-0.2, -0.15) is 0 Å². The van der Waals surface area contributed by atoms with Crippen molar-refractivity contribution in [2.45, 2.75) is 51.3 Å². The van der Waals surface area contributed by atoms with E-state index in [2.05, 4.69) is 9.44 Å². The highest BCUT2D eigenvalue weighted by Crippen LogP contribution is 2.07. The lowest BCUT2D eigenvalue weighted by Crippen LogP contribution is -2.30. The largest absolute Gasteiger partial charge is 0.214 e. The molecule has 6 nitrogen and oxygen atoms in total. The third-order valence-electron chi connectivity index (χ3n) is 3.22. The molecule has 0 fully saturated rings. The second kappa shape index (κ2) is 7.54.